The van der Waals surface area contributed by atoms with Crippen molar-refractivity contribution in [3.05, 3.63) is 35.6 Å². The van der Waals surface area contributed by atoms with Crippen LogP contribution in [-0.4, -0.2) is 55.6 Å². The highest BCUT2D eigenvalue weighted by Gasteiger charge is 2.17. The number of esters is 1. The molecule has 0 aliphatic carbocycles. The molecule has 1 aliphatic rings. The lowest BCUT2D eigenvalue weighted by atomic mass is 10.2. The van der Waals surface area contributed by atoms with Crippen LogP contribution in [0.2, 0.25) is 0 Å². The smallest absolute Gasteiger partial charge is 0.306 e. The van der Waals surface area contributed by atoms with E-state index < -0.39 is 0 Å². The summed E-state index contributed by atoms with van der Waals surface area (Å²) in [6.07, 6.45) is 0.453. The second-order valence-electron chi connectivity index (χ2n) is 5.07. The van der Waals surface area contributed by atoms with Crippen molar-refractivity contribution >= 4 is 5.97 Å². The Hall–Kier alpha value is -1.46. The number of ether oxygens (including phenoxy) is 1. The Kier molecular flexibility index (Phi) is 5.49. The van der Waals surface area contributed by atoms with Gasteiger partial charge in [-0.15, -0.1) is 0 Å². The van der Waals surface area contributed by atoms with E-state index in [-0.39, 0.29) is 11.8 Å². The third-order valence-corrected chi connectivity index (χ3v) is 3.64. The highest BCUT2D eigenvalue weighted by atomic mass is 19.1. The Labute approximate surface area is 119 Å². The van der Waals surface area contributed by atoms with Crippen molar-refractivity contribution in [3.8, 4) is 0 Å². The summed E-state index contributed by atoms with van der Waals surface area (Å²) in [4.78, 5) is 15.7. The van der Waals surface area contributed by atoms with E-state index in [1.54, 1.807) is 0 Å². The van der Waals surface area contributed by atoms with Crippen LogP contribution in [0.3, 0.4) is 0 Å². The number of piperazine rings is 1. The van der Waals surface area contributed by atoms with E-state index in [0.29, 0.717) is 6.42 Å². The normalized spacial score (nSPS) is 17.1. The van der Waals surface area contributed by atoms with Crippen LogP contribution in [-0.2, 0) is 16.1 Å². The molecule has 0 unspecified atom stereocenters. The van der Waals surface area contributed by atoms with Crippen LogP contribution in [0, 0.1) is 5.82 Å². The highest BCUT2D eigenvalue weighted by molar-refractivity contribution is 5.69. The maximum atomic E-state index is 12.8. The van der Waals surface area contributed by atoms with E-state index in [9.17, 15) is 9.18 Å². The summed E-state index contributed by atoms with van der Waals surface area (Å²) >= 11 is 0. The Balaban J connectivity index is 1.71. The predicted octanol–water partition coefficient (Wildman–Crippen LogP) is 1.51. The van der Waals surface area contributed by atoms with E-state index in [1.165, 1.54) is 19.2 Å². The van der Waals surface area contributed by atoms with Crippen LogP contribution in [0.25, 0.3) is 0 Å². The van der Waals surface area contributed by atoms with Crippen molar-refractivity contribution in [1.82, 2.24) is 9.80 Å². The number of nitrogens with zero attached hydrogens (tertiary/aromatic N) is 2. The first-order valence-corrected chi connectivity index (χ1v) is 6.93. The van der Waals surface area contributed by atoms with Gasteiger partial charge < -0.3 is 9.64 Å². The molecular weight excluding hydrogens is 259 g/mol. The average molecular weight is 280 g/mol. The lowest BCUT2D eigenvalue weighted by molar-refractivity contribution is -0.141. The maximum Gasteiger partial charge on any atom is 0.306 e. The summed E-state index contributed by atoms with van der Waals surface area (Å²) in [5.74, 6) is -0.347. The van der Waals surface area contributed by atoms with E-state index in [2.05, 4.69) is 14.5 Å². The van der Waals surface area contributed by atoms with Crippen LogP contribution >= 0.6 is 0 Å². The van der Waals surface area contributed by atoms with Gasteiger partial charge in [0.1, 0.15) is 5.82 Å². The molecule has 1 fully saturated rings. The minimum Gasteiger partial charge on any atom is -0.469 e. The number of methoxy groups -OCH3 is 1. The topological polar surface area (TPSA) is 32.8 Å². The molecule has 0 aromatic heterocycles. The highest BCUT2D eigenvalue weighted by Crippen LogP contribution is 2.10. The van der Waals surface area contributed by atoms with Crippen LogP contribution in [0.1, 0.15) is 12.0 Å². The van der Waals surface area contributed by atoms with E-state index >= 15 is 0 Å². The summed E-state index contributed by atoms with van der Waals surface area (Å²) in [5.41, 5.74) is 1.13. The lowest BCUT2D eigenvalue weighted by Crippen LogP contribution is -2.46. The van der Waals surface area contributed by atoms with Crippen molar-refractivity contribution in [2.45, 2.75) is 13.0 Å². The molecule has 0 spiro atoms. The fourth-order valence-electron chi connectivity index (χ4n) is 2.37. The van der Waals surface area contributed by atoms with Crippen molar-refractivity contribution in [1.29, 1.82) is 0 Å². The zero-order chi connectivity index (χ0) is 14.4. The van der Waals surface area contributed by atoms with Gasteiger partial charge in [0.25, 0.3) is 0 Å². The Morgan fingerprint density at radius 3 is 2.35 bits per heavy atom. The Morgan fingerprint density at radius 2 is 1.75 bits per heavy atom. The maximum absolute atomic E-state index is 12.8. The molecule has 1 aliphatic heterocycles. The lowest BCUT2D eigenvalue weighted by Gasteiger charge is -2.34. The molecule has 1 heterocycles. The first kappa shape index (κ1) is 14.9. The molecule has 5 heteroatoms. The molecule has 1 aromatic rings. The van der Waals surface area contributed by atoms with Gasteiger partial charge in [0.15, 0.2) is 0 Å². The molecule has 1 saturated heterocycles. The minimum atomic E-state index is -0.193. The molecule has 0 bridgehead atoms. The van der Waals surface area contributed by atoms with Gasteiger partial charge >= 0.3 is 5.97 Å². The molecule has 0 saturated carbocycles. The number of carbonyl (C=O) groups is 1. The molecular formula is C15H21FN2O2. The SMILES string of the molecule is COC(=O)CCN1CCN(Cc2ccc(F)cc2)CC1. The number of benzene rings is 1. The van der Waals surface area contributed by atoms with Gasteiger partial charge in [0.2, 0.25) is 0 Å². The molecule has 2 rings (SSSR count). The Morgan fingerprint density at radius 1 is 1.15 bits per heavy atom. The van der Waals surface area contributed by atoms with Gasteiger partial charge in [-0.25, -0.2) is 4.39 Å². The Bertz CT molecular complexity index is 428. The second-order valence-corrected chi connectivity index (χ2v) is 5.07. The standard InChI is InChI=1S/C15H21FN2O2/c1-20-15(19)6-7-17-8-10-18(11-9-17)12-13-2-4-14(16)5-3-13/h2-5H,6-12H2,1H3. The van der Waals surface area contributed by atoms with E-state index in [1.807, 2.05) is 12.1 Å². The fraction of sp³-hybridized carbons (Fsp3) is 0.533. The minimum absolute atomic E-state index is 0.154. The molecule has 1 aromatic carbocycles. The zero-order valence-corrected chi connectivity index (χ0v) is 11.8. The van der Waals surface area contributed by atoms with Gasteiger partial charge in [0.05, 0.1) is 13.5 Å². The van der Waals surface area contributed by atoms with Gasteiger partial charge in [-0.3, -0.25) is 9.69 Å². The summed E-state index contributed by atoms with van der Waals surface area (Å²) in [6, 6.07) is 6.67. The number of hydrogen-bond donors (Lipinski definition) is 0. The summed E-state index contributed by atoms with van der Waals surface area (Å²) in [6.45, 7) is 5.47. The van der Waals surface area contributed by atoms with Crippen LogP contribution in [0.4, 0.5) is 4.39 Å². The third-order valence-electron chi connectivity index (χ3n) is 3.64. The first-order chi connectivity index (χ1) is 9.67. The largest absolute Gasteiger partial charge is 0.469 e. The van der Waals surface area contributed by atoms with E-state index in [4.69, 9.17) is 0 Å². The number of halogens is 1. The predicted molar refractivity (Wildman–Crippen MR) is 74.8 cm³/mol. The molecule has 0 atom stereocenters. The van der Waals surface area contributed by atoms with Crippen molar-refractivity contribution in [2.75, 3.05) is 39.8 Å². The van der Waals surface area contributed by atoms with Gasteiger partial charge in [-0.2, -0.15) is 0 Å². The van der Waals surface area contributed by atoms with E-state index in [0.717, 1.165) is 44.8 Å². The molecule has 0 radical (unpaired) electrons. The zero-order valence-electron chi connectivity index (χ0n) is 11.8. The molecule has 0 N–H and O–H groups in total. The molecule has 0 amide bonds. The second kappa shape index (κ2) is 7.36. The monoisotopic (exact) mass is 280 g/mol. The van der Waals surface area contributed by atoms with Crippen molar-refractivity contribution in [2.24, 2.45) is 0 Å². The quantitative estimate of drug-likeness (QED) is 0.765. The van der Waals surface area contributed by atoms with Crippen molar-refractivity contribution in [3.63, 3.8) is 0 Å². The summed E-state index contributed by atoms with van der Waals surface area (Å²) < 4.78 is 17.5. The summed E-state index contributed by atoms with van der Waals surface area (Å²) in [5, 5.41) is 0. The fourth-order valence-corrected chi connectivity index (χ4v) is 2.37. The van der Waals surface area contributed by atoms with Crippen LogP contribution in [0.15, 0.2) is 24.3 Å². The first-order valence-electron chi connectivity index (χ1n) is 6.93. The van der Waals surface area contributed by atoms with Gasteiger partial charge in [-0.1, -0.05) is 12.1 Å². The number of hydrogen-bond acceptors (Lipinski definition) is 4. The summed E-state index contributed by atoms with van der Waals surface area (Å²) in [7, 11) is 1.42. The average Bonchev–Trinajstić information content (AvgIpc) is 2.48. The number of rotatable bonds is 5. The van der Waals surface area contributed by atoms with Crippen LogP contribution in [0.5, 0.6) is 0 Å². The van der Waals surface area contributed by atoms with Gasteiger partial charge in [-0.05, 0) is 17.7 Å². The molecule has 110 valence electrons. The van der Waals surface area contributed by atoms with Crippen LogP contribution < -0.4 is 0 Å². The number of carbonyl (C=O) groups excluding carboxylic acids is 1. The van der Waals surface area contributed by atoms with Crippen molar-refractivity contribution < 1.29 is 13.9 Å². The molecule has 20 heavy (non-hydrogen) atoms. The van der Waals surface area contributed by atoms with Gasteiger partial charge in [0, 0.05) is 39.3 Å². The third kappa shape index (κ3) is 4.58. The molecule has 4 nitrogen and oxygen atoms in total.